The molecule has 0 radical (unpaired) electrons. The van der Waals surface area contributed by atoms with Crippen molar-refractivity contribution >= 4 is 23.7 Å². The molecule has 1 aromatic rings. The van der Waals surface area contributed by atoms with E-state index in [2.05, 4.69) is 0 Å². The minimum absolute atomic E-state index is 0.0270. The molecule has 0 aliphatic carbocycles. The number of likely N-dealkylation sites (tertiary alicyclic amines) is 1. The van der Waals surface area contributed by atoms with E-state index in [1.54, 1.807) is 41.0 Å². The zero-order valence-electron chi connectivity index (χ0n) is 13.7. The first-order valence-electron chi connectivity index (χ1n) is 8.22. The summed E-state index contributed by atoms with van der Waals surface area (Å²) in [5.41, 5.74) is 0.596. The largest absolute Gasteiger partial charge is 0.450 e. The molecule has 0 unspecified atom stereocenters. The van der Waals surface area contributed by atoms with Crippen LogP contribution in [0.1, 0.15) is 19.8 Å². The average Bonchev–Trinajstić information content (AvgIpc) is 2.90. The Morgan fingerprint density at radius 3 is 2.46 bits per heavy atom. The fraction of sp³-hybridized carbons (Fsp3) is 0.471. The van der Waals surface area contributed by atoms with Gasteiger partial charge in [-0.15, -0.1) is 0 Å². The summed E-state index contributed by atoms with van der Waals surface area (Å²) < 4.78 is 5.00. The Labute approximate surface area is 140 Å². The second-order valence-corrected chi connectivity index (χ2v) is 5.89. The minimum atomic E-state index is -0.314. The number of carbonyl (C=O) groups excluding carboxylic acids is 3. The summed E-state index contributed by atoms with van der Waals surface area (Å²) in [4.78, 5) is 41.2. The minimum Gasteiger partial charge on any atom is -0.450 e. The van der Waals surface area contributed by atoms with Gasteiger partial charge in [0.1, 0.15) is 6.54 Å². The number of nitrogens with zero attached hydrogens (tertiary/aromatic N) is 3. The highest BCUT2D eigenvalue weighted by Crippen LogP contribution is 2.26. The Morgan fingerprint density at radius 1 is 1.17 bits per heavy atom. The number of rotatable bonds is 3. The quantitative estimate of drug-likeness (QED) is 0.795. The first kappa shape index (κ1) is 16.3. The van der Waals surface area contributed by atoms with Crippen molar-refractivity contribution in [2.75, 3.05) is 31.1 Å². The van der Waals surface area contributed by atoms with E-state index in [9.17, 15) is 14.4 Å². The van der Waals surface area contributed by atoms with Crippen LogP contribution in [-0.2, 0) is 9.53 Å². The van der Waals surface area contributed by atoms with Gasteiger partial charge < -0.3 is 14.5 Å². The van der Waals surface area contributed by atoms with Crippen molar-refractivity contribution in [3.8, 4) is 0 Å². The van der Waals surface area contributed by atoms with Crippen LogP contribution in [0.15, 0.2) is 30.3 Å². The normalized spacial score (nSPS) is 19.1. The van der Waals surface area contributed by atoms with Crippen molar-refractivity contribution in [1.29, 1.82) is 0 Å². The Hall–Kier alpha value is -2.57. The number of piperidine rings is 1. The van der Waals surface area contributed by atoms with Crippen LogP contribution in [0.2, 0.25) is 0 Å². The summed E-state index contributed by atoms with van der Waals surface area (Å²) in [6.45, 7) is 3.29. The Kier molecular flexibility index (Phi) is 4.69. The van der Waals surface area contributed by atoms with Gasteiger partial charge in [0, 0.05) is 19.1 Å². The zero-order chi connectivity index (χ0) is 17.1. The second kappa shape index (κ2) is 6.90. The van der Waals surface area contributed by atoms with Crippen LogP contribution in [0.5, 0.6) is 0 Å². The van der Waals surface area contributed by atoms with E-state index < -0.39 is 0 Å². The molecule has 7 heteroatoms. The lowest BCUT2D eigenvalue weighted by molar-refractivity contribution is -0.116. The van der Waals surface area contributed by atoms with E-state index in [1.807, 2.05) is 6.07 Å². The first-order chi connectivity index (χ1) is 11.6. The highest BCUT2D eigenvalue weighted by Gasteiger charge is 2.41. The number of carbonyl (C=O) groups is 3. The fourth-order valence-electron chi connectivity index (χ4n) is 3.21. The van der Waals surface area contributed by atoms with Crippen molar-refractivity contribution in [1.82, 2.24) is 9.80 Å². The van der Waals surface area contributed by atoms with Crippen LogP contribution >= 0.6 is 0 Å². The third-order valence-electron chi connectivity index (χ3n) is 4.44. The Bertz CT molecular complexity index is 626. The van der Waals surface area contributed by atoms with Gasteiger partial charge in [-0.1, -0.05) is 18.2 Å². The number of urea groups is 1. The first-order valence-corrected chi connectivity index (χ1v) is 8.22. The maximum atomic E-state index is 12.7. The molecule has 0 bridgehead atoms. The standard InChI is InChI=1S/C17H21N3O4/c1-2-24-17(23)18-10-8-13(9-11-18)19-12-15(21)20(16(19)22)14-6-4-3-5-7-14/h3-7,13H,2,8-12H2,1H3. The smallest absolute Gasteiger partial charge is 0.409 e. The predicted molar refractivity (Wildman–Crippen MR) is 87.6 cm³/mol. The molecule has 3 rings (SSSR count). The van der Waals surface area contributed by atoms with E-state index >= 15 is 0 Å². The summed E-state index contributed by atoms with van der Waals surface area (Å²) >= 11 is 0. The molecule has 128 valence electrons. The summed E-state index contributed by atoms with van der Waals surface area (Å²) in [5, 5.41) is 0. The number of hydrogen-bond donors (Lipinski definition) is 0. The lowest BCUT2D eigenvalue weighted by atomic mass is 10.0. The molecule has 0 saturated carbocycles. The van der Waals surface area contributed by atoms with E-state index in [1.165, 1.54) is 4.90 Å². The van der Waals surface area contributed by atoms with Gasteiger partial charge >= 0.3 is 12.1 Å². The maximum Gasteiger partial charge on any atom is 0.409 e. The van der Waals surface area contributed by atoms with Gasteiger partial charge in [-0.3, -0.25) is 4.79 Å². The molecule has 2 heterocycles. The average molecular weight is 331 g/mol. The second-order valence-electron chi connectivity index (χ2n) is 5.89. The lowest BCUT2D eigenvalue weighted by Crippen LogP contribution is -2.48. The van der Waals surface area contributed by atoms with Gasteiger partial charge in [0.15, 0.2) is 0 Å². The van der Waals surface area contributed by atoms with Gasteiger partial charge in [-0.25, -0.2) is 14.5 Å². The van der Waals surface area contributed by atoms with Gasteiger partial charge in [-0.2, -0.15) is 0 Å². The molecular weight excluding hydrogens is 310 g/mol. The zero-order valence-corrected chi connectivity index (χ0v) is 13.7. The molecule has 2 aliphatic rings. The molecule has 24 heavy (non-hydrogen) atoms. The van der Waals surface area contributed by atoms with Crippen molar-refractivity contribution < 1.29 is 19.1 Å². The number of anilines is 1. The molecule has 0 spiro atoms. The topological polar surface area (TPSA) is 70.2 Å². The Balaban J connectivity index is 1.64. The summed E-state index contributed by atoms with van der Waals surface area (Å²) in [5.74, 6) is -0.209. The third-order valence-corrected chi connectivity index (χ3v) is 4.44. The summed E-state index contributed by atoms with van der Waals surface area (Å²) in [6.07, 6.45) is 0.992. The SMILES string of the molecule is CCOC(=O)N1CCC(N2CC(=O)N(c3ccccc3)C2=O)CC1. The monoisotopic (exact) mass is 331 g/mol. The van der Waals surface area contributed by atoms with Crippen molar-refractivity contribution in [2.24, 2.45) is 0 Å². The number of benzene rings is 1. The molecule has 7 nitrogen and oxygen atoms in total. The molecule has 2 saturated heterocycles. The number of amides is 4. The molecule has 4 amide bonds. The molecule has 0 atom stereocenters. The van der Waals surface area contributed by atoms with Crippen LogP contribution < -0.4 is 4.90 Å². The van der Waals surface area contributed by atoms with E-state index in [0.29, 0.717) is 38.2 Å². The molecule has 1 aromatic carbocycles. The van der Waals surface area contributed by atoms with E-state index in [0.717, 1.165) is 0 Å². The van der Waals surface area contributed by atoms with Crippen LogP contribution in [0.3, 0.4) is 0 Å². The van der Waals surface area contributed by atoms with Gasteiger partial charge in [0.2, 0.25) is 0 Å². The Morgan fingerprint density at radius 2 is 1.83 bits per heavy atom. The molecule has 0 aromatic heterocycles. The maximum absolute atomic E-state index is 12.7. The summed E-state index contributed by atoms with van der Waals surface area (Å²) in [7, 11) is 0. The predicted octanol–water partition coefficient (Wildman–Crippen LogP) is 2.08. The molecule has 2 aliphatic heterocycles. The van der Waals surface area contributed by atoms with Crippen LogP contribution in [0.4, 0.5) is 15.3 Å². The number of imide groups is 1. The van der Waals surface area contributed by atoms with Crippen LogP contribution in [0, 0.1) is 0 Å². The molecular formula is C17H21N3O4. The highest BCUT2D eigenvalue weighted by molar-refractivity contribution is 6.19. The fourth-order valence-corrected chi connectivity index (χ4v) is 3.21. The highest BCUT2D eigenvalue weighted by atomic mass is 16.6. The van der Waals surface area contributed by atoms with Crippen molar-refractivity contribution in [3.05, 3.63) is 30.3 Å². The number of ether oxygens (including phenoxy) is 1. The van der Waals surface area contributed by atoms with Crippen molar-refractivity contribution in [3.63, 3.8) is 0 Å². The van der Waals surface area contributed by atoms with E-state index in [-0.39, 0.29) is 30.6 Å². The van der Waals surface area contributed by atoms with Gasteiger partial charge in [0.25, 0.3) is 5.91 Å². The van der Waals surface area contributed by atoms with Gasteiger partial charge in [-0.05, 0) is 31.9 Å². The molecule has 0 N–H and O–H groups in total. The number of hydrogen-bond acceptors (Lipinski definition) is 4. The summed E-state index contributed by atoms with van der Waals surface area (Å²) in [6, 6.07) is 8.65. The van der Waals surface area contributed by atoms with Crippen molar-refractivity contribution in [2.45, 2.75) is 25.8 Å². The van der Waals surface area contributed by atoms with Crippen LogP contribution in [-0.4, -0.2) is 60.1 Å². The van der Waals surface area contributed by atoms with Crippen LogP contribution in [0.25, 0.3) is 0 Å². The molecule has 2 fully saturated rings. The lowest BCUT2D eigenvalue weighted by Gasteiger charge is -2.35. The number of para-hydroxylation sites is 1. The van der Waals surface area contributed by atoms with Gasteiger partial charge in [0.05, 0.1) is 12.3 Å². The third kappa shape index (κ3) is 3.06. The van der Waals surface area contributed by atoms with E-state index in [4.69, 9.17) is 4.74 Å².